The lowest BCUT2D eigenvalue weighted by molar-refractivity contribution is -0.115. The summed E-state index contributed by atoms with van der Waals surface area (Å²) in [7, 11) is 0. The van der Waals surface area contributed by atoms with Gasteiger partial charge >= 0.3 is 0 Å². The van der Waals surface area contributed by atoms with Gasteiger partial charge in [-0.2, -0.15) is 0 Å². The van der Waals surface area contributed by atoms with E-state index in [-0.39, 0.29) is 18.2 Å². The van der Waals surface area contributed by atoms with E-state index in [1.807, 2.05) is 13.0 Å². The predicted molar refractivity (Wildman–Crippen MR) is 105 cm³/mol. The van der Waals surface area contributed by atoms with Crippen LogP contribution in [-0.4, -0.2) is 16.8 Å². The number of nitrogens with zero attached hydrogens (tertiary/aromatic N) is 1. The molecule has 0 saturated carbocycles. The number of hydrogen-bond donors (Lipinski definition) is 2. The number of benzene rings is 2. The Labute approximate surface area is 160 Å². The molecule has 0 saturated heterocycles. The number of carbonyl (C=O) groups excluding carboxylic acids is 2. The van der Waals surface area contributed by atoms with Crippen LogP contribution in [0.5, 0.6) is 0 Å². The second-order valence-corrected chi connectivity index (χ2v) is 6.94. The largest absolute Gasteiger partial charge is 0.326 e. The number of hydrogen-bond acceptors (Lipinski definition) is 4. The molecular weight excluding hydrogens is 370 g/mol. The average molecular weight is 386 g/mol. The lowest BCUT2D eigenvalue weighted by Crippen LogP contribution is -2.15. The van der Waals surface area contributed by atoms with Crippen molar-refractivity contribution >= 4 is 45.6 Å². The van der Waals surface area contributed by atoms with Crippen LogP contribution >= 0.6 is 22.9 Å². The third-order valence-electron chi connectivity index (χ3n) is 3.61. The summed E-state index contributed by atoms with van der Waals surface area (Å²) in [5, 5.41) is 8.43. The lowest BCUT2D eigenvalue weighted by Gasteiger charge is -2.07. The first-order chi connectivity index (χ1) is 12.5. The van der Waals surface area contributed by atoms with E-state index in [4.69, 9.17) is 11.6 Å². The van der Waals surface area contributed by atoms with Gasteiger partial charge < -0.3 is 5.32 Å². The van der Waals surface area contributed by atoms with Gasteiger partial charge in [-0.25, -0.2) is 4.98 Å². The highest BCUT2D eigenvalue weighted by Gasteiger charge is 2.12. The molecule has 0 radical (unpaired) electrons. The average Bonchev–Trinajstić information content (AvgIpc) is 3.05. The molecule has 2 aromatic carbocycles. The Hall–Kier alpha value is -2.70. The summed E-state index contributed by atoms with van der Waals surface area (Å²) >= 11 is 7.20. The fraction of sp³-hybridized carbons (Fsp3) is 0.105. The van der Waals surface area contributed by atoms with Crippen molar-refractivity contribution in [2.45, 2.75) is 13.3 Å². The van der Waals surface area contributed by atoms with Crippen LogP contribution in [0, 0.1) is 6.92 Å². The normalized spacial score (nSPS) is 10.4. The number of halogens is 1. The first-order valence-electron chi connectivity index (χ1n) is 7.88. The Balaban J connectivity index is 1.59. The number of anilines is 2. The van der Waals surface area contributed by atoms with Gasteiger partial charge in [0.1, 0.15) is 0 Å². The van der Waals surface area contributed by atoms with Gasteiger partial charge in [0.25, 0.3) is 5.91 Å². The van der Waals surface area contributed by atoms with Crippen LogP contribution in [0.2, 0.25) is 5.02 Å². The van der Waals surface area contributed by atoms with Gasteiger partial charge in [-0.3, -0.25) is 14.9 Å². The van der Waals surface area contributed by atoms with Crippen molar-refractivity contribution in [3.8, 4) is 0 Å². The molecule has 132 valence electrons. The number of rotatable bonds is 5. The Bertz CT molecular complexity index is 941. The Morgan fingerprint density at radius 1 is 1.12 bits per heavy atom. The zero-order valence-corrected chi connectivity index (χ0v) is 15.5. The van der Waals surface area contributed by atoms with E-state index in [9.17, 15) is 9.59 Å². The molecule has 3 aromatic rings. The molecule has 0 atom stereocenters. The molecule has 7 heteroatoms. The van der Waals surface area contributed by atoms with E-state index in [1.54, 1.807) is 47.8 Å². The van der Waals surface area contributed by atoms with Crippen molar-refractivity contribution in [2.24, 2.45) is 0 Å². The smallest absolute Gasteiger partial charge is 0.257 e. The highest BCUT2D eigenvalue weighted by Crippen LogP contribution is 2.21. The molecule has 2 N–H and O–H groups in total. The topological polar surface area (TPSA) is 71.1 Å². The van der Waals surface area contributed by atoms with Gasteiger partial charge in [-0.15, -0.1) is 11.3 Å². The number of thiazole rings is 1. The molecule has 3 rings (SSSR count). The zero-order chi connectivity index (χ0) is 18.5. The summed E-state index contributed by atoms with van der Waals surface area (Å²) < 4.78 is 0. The van der Waals surface area contributed by atoms with Gasteiger partial charge in [-0.05, 0) is 42.8 Å². The molecule has 5 nitrogen and oxygen atoms in total. The molecule has 0 aliphatic heterocycles. The fourth-order valence-corrected chi connectivity index (χ4v) is 3.26. The SMILES string of the molecule is Cc1cc(Cl)ccc1NC(=O)Cc1csc(NC(=O)c2ccccc2)n1. The van der Waals surface area contributed by atoms with E-state index in [0.717, 1.165) is 5.56 Å². The molecule has 0 unspecified atom stereocenters. The predicted octanol–water partition coefficient (Wildman–Crippen LogP) is 4.54. The second-order valence-electron chi connectivity index (χ2n) is 5.65. The van der Waals surface area contributed by atoms with Crippen LogP contribution in [0.15, 0.2) is 53.9 Å². The summed E-state index contributed by atoms with van der Waals surface area (Å²) in [6.07, 6.45) is 0.125. The third kappa shape index (κ3) is 4.68. The molecule has 0 aliphatic carbocycles. The highest BCUT2D eigenvalue weighted by atomic mass is 35.5. The van der Waals surface area contributed by atoms with Crippen LogP contribution in [0.4, 0.5) is 10.8 Å². The minimum Gasteiger partial charge on any atom is -0.326 e. The Morgan fingerprint density at radius 2 is 1.88 bits per heavy atom. The quantitative estimate of drug-likeness (QED) is 0.677. The molecule has 0 aliphatic rings. The molecule has 0 spiro atoms. The van der Waals surface area contributed by atoms with Gasteiger partial charge in [0.05, 0.1) is 12.1 Å². The molecular formula is C19H16ClN3O2S. The van der Waals surface area contributed by atoms with Crippen LogP contribution in [0.1, 0.15) is 21.6 Å². The molecule has 2 amide bonds. The van der Waals surface area contributed by atoms with Crippen LogP contribution in [0.25, 0.3) is 0 Å². The van der Waals surface area contributed by atoms with Gasteiger partial charge in [-0.1, -0.05) is 29.8 Å². The zero-order valence-electron chi connectivity index (χ0n) is 14.0. The number of nitrogens with one attached hydrogen (secondary N) is 2. The maximum Gasteiger partial charge on any atom is 0.257 e. The van der Waals surface area contributed by atoms with Gasteiger partial charge in [0, 0.05) is 21.7 Å². The lowest BCUT2D eigenvalue weighted by atomic mass is 10.2. The summed E-state index contributed by atoms with van der Waals surface area (Å²) in [6.45, 7) is 1.88. The van der Waals surface area contributed by atoms with Crippen LogP contribution in [-0.2, 0) is 11.2 Å². The van der Waals surface area contributed by atoms with Crippen LogP contribution < -0.4 is 10.6 Å². The minimum atomic E-state index is -0.229. The van der Waals surface area contributed by atoms with E-state index in [0.29, 0.717) is 27.1 Å². The van der Waals surface area contributed by atoms with E-state index < -0.39 is 0 Å². The summed E-state index contributed by atoms with van der Waals surface area (Å²) in [4.78, 5) is 28.6. The number of amides is 2. The van der Waals surface area contributed by atoms with E-state index in [2.05, 4.69) is 15.6 Å². The van der Waals surface area contributed by atoms with Gasteiger partial charge in [0.15, 0.2) is 5.13 Å². The van der Waals surface area contributed by atoms with Gasteiger partial charge in [0.2, 0.25) is 5.91 Å². The molecule has 26 heavy (non-hydrogen) atoms. The standard InChI is InChI=1S/C19H16ClN3O2S/c1-12-9-14(20)7-8-16(12)22-17(24)10-15-11-26-19(21-15)23-18(25)13-5-3-2-4-6-13/h2-9,11H,10H2,1H3,(H,22,24)(H,21,23,25). The maximum absolute atomic E-state index is 12.2. The van der Waals surface area contributed by atoms with Crippen molar-refractivity contribution in [2.75, 3.05) is 10.6 Å². The molecule has 1 aromatic heterocycles. The van der Waals surface area contributed by atoms with Crippen LogP contribution in [0.3, 0.4) is 0 Å². The Morgan fingerprint density at radius 3 is 2.62 bits per heavy atom. The summed E-state index contributed by atoms with van der Waals surface area (Å²) in [5.41, 5.74) is 2.76. The van der Waals surface area contributed by atoms with E-state index in [1.165, 1.54) is 11.3 Å². The minimum absolute atomic E-state index is 0.125. The number of aryl methyl sites for hydroxylation is 1. The van der Waals surface area contributed by atoms with Crippen molar-refractivity contribution in [3.63, 3.8) is 0 Å². The van der Waals surface area contributed by atoms with Crippen molar-refractivity contribution in [1.29, 1.82) is 0 Å². The highest BCUT2D eigenvalue weighted by molar-refractivity contribution is 7.14. The number of aromatic nitrogens is 1. The Kier molecular flexibility index (Phi) is 5.65. The second kappa shape index (κ2) is 8.12. The third-order valence-corrected chi connectivity index (χ3v) is 4.65. The first-order valence-corrected chi connectivity index (χ1v) is 9.14. The monoisotopic (exact) mass is 385 g/mol. The molecule has 0 fully saturated rings. The fourth-order valence-electron chi connectivity index (χ4n) is 2.33. The molecule has 0 bridgehead atoms. The first kappa shape index (κ1) is 18.1. The number of carbonyl (C=O) groups is 2. The molecule has 1 heterocycles. The summed E-state index contributed by atoms with van der Waals surface area (Å²) in [5.74, 6) is -0.408. The van der Waals surface area contributed by atoms with Crippen molar-refractivity contribution in [1.82, 2.24) is 4.98 Å². The van der Waals surface area contributed by atoms with E-state index >= 15 is 0 Å². The summed E-state index contributed by atoms with van der Waals surface area (Å²) in [6, 6.07) is 14.2. The van der Waals surface area contributed by atoms with Crippen molar-refractivity contribution < 1.29 is 9.59 Å². The maximum atomic E-state index is 12.2. The van der Waals surface area contributed by atoms with Crippen molar-refractivity contribution in [3.05, 3.63) is 75.8 Å².